The van der Waals surface area contributed by atoms with E-state index in [-0.39, 0.29) is 16.7 Å². The van der Waals surface area contributed by atoms with Gasteiger partial charge in [-0.05, 0) is 41.8 Å². The third-order valence-electron chi connectivity index (χ3n) is 5.32. The molecular weight excluding hydrogens is 354 g/mol. The Balaban J connectivity index is 1.69. The summed E-state index contributed by atoms with van der Waals surface area (Å²) in [6.45, 7) is 2.73. The van der Waals surface area contributed by atoms with E-state index in [1.54, 1.807) is 19.2 Å². The van der Waals surface area contributed by atoms with Crippen molar-refractivity contribution < 1.29 is 9.66 Å². The van der Waals surface area contributed by atoms with Gasteiger partial charge in [-0.15, -0.1) is 0 Å². The lowest BCUT2D eigenvalue weighted by atomic mass is 10.0. The summed E-state index contributed by atoms with van der Waals surface area (Å²) >= 11 is 0. The van der Waals surface area contributed by atoms with Gasteiger partial charge in [0.25, 0.3) is 5.69 Å². The summed E-state index contributed by atoms with van der Waals surface area (Å²) in [6, 6.07) is 19.4. The first kappa shape index (κ1) is 18.3. The second kappa shape index (κ2) is 7.86. The lowest BCUT2D eigenvalue weighted by Crippen LogP contribution is -2.29. The van der Waals surface area contributed by atoms with Crippen molar-refractivity contribution in [3.63, 3.8) is 0 Å². The van der Waals surface area contributed by atoms with E-state index >= 15 is 0 Å². The van der Waals surface area contributed by atoms with Crippen LogP contribution in [0.1, 0.15) is 29.3 Å². The van der Waals surface area contributed by atoms with E-state index in [0.717, 1.165) is 37.4 Å². The number of rotatable bonds is 5. The predicted octanol–water partition coefficient (Wildman–Crippen LogP) is 4.40. The highest BCUT2D eigenvalue weighted by Gasteiger charge is 2.27. The number of hydrogen-bond donors (Lipinski definition) is 0. The van der Waals surface area contributed by atoms with Gasteiger partial charge in [-0.2, -0.15) is 0 Å². The lowest BCUT2D eigenvalue weighted by molar-refractivity contribution is -0.384. The summed E-state index contributed by atoms with van der Waals surface area (Å²) in [5.41, 5.74) is 3.63. The molecule has 0 unspecified atom stereocenters. The van der Waals surface area contributed by atoms with E-state index in [1.807, 2.05) is 24.3 Å². The number of aromatic nitrogens is 1. The molecule has 1 aliphatic rings. The zero-order valence-electron chi connectivity index (χ0n) is 15.8. The molecule has 3 aromatic rings. The number of non-ortho nitro benzene ring substituents is 1. The minimum Gasteiger partial charge on any atom is -0.497 e. The molecule has 1 aliphatic heterocycles. The van der Waals surface area contributed by atoms with E-state index in [2.05, 4.69) is 39.9 Å². The van der Waals surface area contributed by atoms with Crippen molar-refractivity contribution in [3.8, 4) is 5.75 Å². The maximum Gasteiger partial charge on any atom is 0.269 e. The van der Waals surface area contributed by atoms with Crippen LogP contribution < -0.4 is 4.74 Å². The van der Waals surface area contributed by atoms with E-state index in [4.69, 9.17) is 4.74 Å². The molecule has 0 saturated carbocycles. The molecule has 0 N–H and O–H groups in total. The summed E-state index contributed by atoms with van der Waals surface area (Å²) < 4.78 is 7.56. The number of nitro benzene ring substituents is 1. The average Bonchev–Trinajstić information content (AvgIpc) is 3.10. The topological polar surface area (TPSA) is 60.5 Å². The van der Waals surface area contributed by atoms with Crippen LogP contribution in [0.25, 0.3) is 0 Å². The van der Waals surface area contributed by atoms with Crippen LogP contribution in [0.5, 0.6) is 5.75 Å². The Labute approximate surface area is 164 Å². The smallest absolute Gasteiger partial charge is 0.269 e. The summed E-state index contributed by atoms with van der Waals surface area (Å²) in [4.78, 5) is 13.1. The number of methoxy groups -OCH3 is 1. The van der Waals surface area contributed by atoms with Crippen LogP contribution >= 0.6 is 0 Å². The first-order chi connectivity index (χ1) is 13.7. The van der Waals surface area contributed by atoms with Crippen LogP contribution in [-0.4, -0.2) is 28.0 Å². The fourth-order valence-corrected chi connectivity index (χ4v) is 3.94. The summed E-state index contributed by atoms with van der Waals surface area (Å²) in [5.74, 6) is 0.848. The van der Waals surface area contributed by atoms with Gasteiger partial charge in [0.15, 0.2) is 0 Å². The quantitative estimate of drug-likeness (QED) is 0.488. The van der Waals surface area contributed by atoms with Crippen molar-refractivity contribution >= 4 is 5.69 Å². The van der Waals surface area contributed by atoms with E-state index in [9.17, 15) is 10.1 Å². The monoisotopic (exact) mass is 377 g/mol. The molecule has 0 spiro atoms. The summed E-state index contributed by atoms with van der Waals surface area (Å²) in [5, 5.41) is 11.0. The third-order valence-corrected chi connectivity index (χ3v) is 5.32. The van der Waals surface area contributed by atoms with Crippen LogP contribution in [0.15, 0.2) is 66.9 Å². The second-order valence-corrected chi connectivity index (χ2v) is 7.05. The molecule has 0 bridgehead atoms. The van der Waals surface area contributed by atoms with Crippen LogP contribution in [0.3, 0.4) is 0 Å². The van der Waals surface area contributed by atoms with Gasteiger partial charge in [-0.1, -0.05) is 24.3 Å². The van der Waals surface area contributed by atoms with Crippen LogP contribution in [0.4, 0.5) is 5.69 Å². The normalized spacial score (nSPS) is 17.0. The molecule has 2 aromatic carbocycles. The number of ether oxygens (including phenoxy) is 1. The fraction of sp³-hybridized carbons (Fsp3) is 0.273. The van der Waals surface area contributed by atoms with Gasteiger partial charge in [0.1, 0.15) is 5.75 Å². The fourth-order valence-electron chi connectivity index (χ4n) is 3.94. The second-order valence-electron chi connectivity index (χ2n) is 7.05. The predicted molar refractivity (Wildman–Crippen MR) is 107 cm³/mol. The maximum absolute atomic E-state index is 11.0. The van der Waals surface area contributed by atoms with Gasteiger partial charge in [-0.25, -0.2) is 0 Å². The van der Waals surface area contributed by atoms with Gasteiger partial charge in [0.05, 0.1) is 18.1 Å². The molecule has 2 heterocycles. The molecular formula is C22H23N3O3. The Bertz CT molecular complexity index is 948. The number of nitro groups is 1. The highest BCUT2D eigenvalue weighted by Crippen LogP contribution is 2.34. The zero-order valence-corrected chi connectivity index (χ0v) is 15.8. The molecule has 0 aliphatic carbocycles. The largest absolute Gasteiger partial charge is 0.497 e. The number of fused-ring (bicyclic) bond motifs is 1. The molecule has 0 saturated heterocycles. The van der Waals surface area contributed by atoms with Crippen LogP contribution in [0, 0.1) is 10.1 Å². The van der Waals surface area contributed by atoms with Crippen molar-refractivity contribution in [3.05, 3.63) is 93.8 Å². The van der Waals surface area contributed by atoms with Crippen molar-refractivity contribution in [1.82, 2.24) is 9.47 Å². The SMILES string of the molecule is COc1ccc(CN2CCCn3cccc3[C@@H]2c2ccc([N+](=O)[O-])cc2)cc1. The average molecular weight is 377 g/mol. The number of benzene rings is 2. The Hall–Kier alpha value is -3.12. The molecule has 0 radical (unpaired) electrons. The highest BCUT2D eigenvalue weighted by atomic mass is 16.6. The molecule has 144 valence electrons. The Kier molecular flexibility index (Phi) is 5.12. The summed E-state index contributed by atoms with van der Waals surface area (Å²) in [7, 11) is 1.67. The molecule has 1 aromatic heterocycles. The van der Waals surface area contributed by atoms with Crippen LogP contribution in [-0.2, 0) is 13.1 Å². The van der Waals surface area contributed by atoms with E-state index in [0.29, 0.717) is 0 Å². The molecule has 28 heavy (non-hydrogen) atoms. The minimum absolute atomic E-state index is 0.0559. The van der Waals surface area contributed by atoms with Crippen LogP contribution in [0.2, 0.25) is 0 Å². The van der Waals surface area contributed by atoms with Gasteiger partial charge in [0.2, 0.25) is 0 Å². The number of aryl methyl sites for hydroxylation is 1. The van der Waals surface area contributed by atoms with Crippen molar-refractivity contribution in [1.29, 1.82) is 0 Å². The Morgan fingerprint density at radius 2 is 1.82 bits per heavy atom. The van der Waals surface area contributed by atoms with Gasteiger partial charge < -0.3 is 9.30 Å². The molecule has 4 rings (SSSR count). The van der Waals surface area contributed by atoms with Crippen molar-refractivity contribution in [2.24, 2.45) is 0 Å². The maximum atomic E-state index is 11.0. The van der Waals surface area contributed by atoms with E-state index in [1.165, 1.54) is 11.3 Å². The molecule has 1 atom stereocenters. The van der Waals surface area contributed by atoms with Gasteiger partial charge >= 0.3 is 0 Å². The number of nitrogens with zero attached hydrogens (tertiary/aromatic N) is 3. The number of hydrogen-bond acceptors (Lipinski definition) is 4. The Morgan fingerprint density at radius 3 is 2.50 bits per heavy atom. The van der Waals surface area contributed by atoms with Crippen molar-refractivity contribution in [2.75, 3.05) is 13.7 Å². The molecule has 0 amide bonds. The standard InChI is InChI=1S/C22H23N3O3/c1-28-20-11-5-17(6-12-20)16-24-15-3-14-23-13-2-4-21(23)22(24)18-7-9-19(10-8-18)25(26)27/h2,4-13,22H,3,14-16H2,1H3/t22-/m0/s1. The highest BCUT2D eigenvalue weighted by molar-refractivity contribution is 5.38. The van der Waals surface area contributed by atoms with Crippen molar-refractivity contribution in [2.45, 2.75) is 25.6 Å². The van der Waals surface area contributed by atoms with Gasteiger partial charge in [-0.3, -0.25) is 15.0 Å². The van der Waals surface area contributed by atoms with Gasteiger partial charge in [0, 0.05) is 43.7 Å². The molecule has 6 nitrogen and oxygen atoms in total. The minimum atomic E-state index is -0.352. The first-order valence-corrected chi connectivity index (χ1v) is 9.42. The van der Waals surface area contributed by atoms with E-state index < -0.39 is 0 Å². The summed E-state index contributed by atoms with van der Waals surface area (Å²) in [6.07, 6.45) is 3.17. The lowest BCUT2D eigenvalue weighted by Gasteiger charge is -2.30. The Morgan fingerprint density at radius 1 is 1.07 bits per heavy atom. The zero-order chi connectivity index (χ0) is 19.5. The molecule has 6 heteroatoms. The molecule has 0 fully saturated rings. The first-order valence-electron chi connectivity index (χ1n) is 9.42. The third kappa shape index (κ3) is 3.64.